The number of benzene rings is 2. The van der Waals surface area contributed by atoms with Crippen molar-refractivity contribution in [1.82, 2.24) is 5.32 Å². The van der Waals surface area contributed by atoms with Crippen LogP contribution in [0.15, 0.2) is 36.4 Å². The van der Waals surface area contributed by atoms with Crippen molar-refractivity contribution in [1.29, 1.82) is 0 Å². The Morgan fingerprint density at radius 2 is 1.40 bits per heavy atom. The van der Waals surface area contributed by atoms with Crippen LogP contribution in [-0.4, -0.2) is 6.54 Å². The van der Waals surface area contributed by atoms with Gasteiger partial charge in [0.15, 0.2) is 0 Å². The lowest BCUT2D eigenvalue weighted by atomic mass is 9.90. The Morgan fingerprint density at radius 1 is 0.900 bits per heavy atom. The second-order valence-corrected chi connectivity index (χ2v) is 4.93. The quantitative estimate of drug-likeness (QED) is 0.878. The molecule has 0 spiro atoms. The third-order valence-corrected chi connectivity index (χ3v) is 3.53. The third-order valence-electron chi connectivity index (χ3n) is 3.53. The van der Waals surface area contributed by atoms with E-state index in [1.54, 1.807) is 0 Å². The molecule has 0 bridgehead atoms. The van der Waals surface area contributed by atoms with Crippen molar-refractivity contribution in [3.8, 4) is 0 Å². The van der Waals surface area contributed by atoms with Gasteiger partial charge in [-0.1, -0.05) is 31.2 Å². The van der Waals surface area contributed by atoms with Crippen molar-refractivity contribution < 1.29 is 8.78 Å². The molecule has 3 heteroatoms. The van der Waals surface area contributed by atoms with E-state index >= 15 is 0 Å². The number of aryl methyl sites for hydroxylation is 2. The minimum absolute atomic E-state index is 0.0896. The minimum Gasteiger partial charge on any atom is -0.306 e. The van der Waals surface area contributed by atoms with Crippen molar-refractivity contribution in [2.75, 3.05) is 6.54 Å². The molecule has 0 amide bonds. The highest BCUT2D eigenvalue weighted by molar-refractivity contribution is 5.42. The summed E-state index contributed by atoms with van der Waals surface area (Å²) in [5.41, 5.74) is 3.09. The van der Waals surface area contributed by atoms with Crippen LogP contribution < -0.4 is 5.32 Å². The van der Waals surface area contributed by atoms with Gasteiger partial charge < -0.3 is 5.32 Å². The molecule has 0 aromatic heterocycles. The van der Waals surface area contributed by atoms with E-state index in [9.17, 15) is 8.78 Å². The van der Waals surface area contributed by atoms with E-state index in [1.807, 2.05) is 39.0 Å². The molecule has 1 nitrogen and oxygen atoms in total. The Balaban J connectivity index is 2.63. The minimum atomic E-state index is -0.515. The van der Waals surface area contributed by atoms with Gasteiger partial charge in [0.2, 0.25) is 0 Å². The summed E-state index contributed by atoms with van der Waals surface area (Å²) in [6.07, 6.45) is 0. The molecule has 1 N–H and O–H groups in total. The molecule has 0 saturated heterocycles. The van der Waals surface area contributed by atoms with Crippen molar-refractivity contribution >= 4 is 0 Å². The van der Waals surface area contributed by atoms with Gasteiger partial charge in [-0.3, -0.25) is 0 Å². The second-order valence-electron chi connectivity index (χ2n) is 4.93. The summed E-state index contributed by atoms with van der Waals surface area (Å²) in [5, 5.41) is 3.20. The van der Waals surface area contributed by atoms with E-state index in [4.69, 9.17) is 0 Å². The van der Waals surface area contributed by atoms with E-state index in [-0.39, 0.29) is 5.56 Å². The zero-order chi connectivity index (χ0) is 14.7. The molecule has 0 aliphatic rings. The van der Waals surface area contributed by atoms with Crippen LogP contribution in [0.5, 0.6) is 0 Å². The Kier molecular flexibility index (Phi) is 4.50. The molecule has 2 aromatic carbocycles. The van der Waals surface area contributed by atoms with Gasteiger partial charge in [0, 0.05) is 5.56 Å². The summed E-state index contributed by atoms with van der Waals surface area (Å²) < 4.78 is 28.2. The topological polar surface area (TPSA) is 12.0 Å². The molecule has 0 fully saturated rings. The van der Waals surface area contributed by atoms with Crippen LogP contribution in [0.3, 0.4) is 0 Å². The lowest BCUT2D eigenvalue weighted by Gasteiger charge is -2.23. The first-order chi connectivity index (χ1) is 9.56. The standard InChI is InChI=1S/C17H19F2N/c1-4-20-17(15-11(2)7-5-8-12(15)3)16-13(18)9-6-10-14(16)19/h5-10,17,20H,4H2,1-3H3. The largest absolute Gasteiger partial charge is 0.306 e. The maximum atomic E-state index is 14.1. The number of hydrogen-bond donors (Lipinski definition) is 1. The smallest absolute Gasteiger partial charge is 0.131 e. The fraction of sp³-hybridized carbons (Fsp3) is 0.294. The summed E-state index contributed by atoms with van der Waals surface area (Å²) in [6.45, 7) is 6.49. The molecule has 1 atom stereocenters. The van der Waals surface area contributed by atoms with Gasteiger partial charge in [-0.05, 0) is 49.2 Å². The zero-order valence-electron chi connectivity index (χ0n) is 12.0. The van der Waals surface area contributed by atoms with Gasteiger partial charge in [0.05, 0.1) is 6.04 Å². The van der Waals surface area contributed by atoms with Crippen LogP contribution in [-0.2, 0) is 0 Å². The van der Waals surface area contributed by atoms with Crippen molar-refractivity contribution in [2.24, 2.45) is 0 Å². The predicted octanol–water partition coefficient (Wildman–Crippen LogP) is 4.28. The Bertz CT molecular complexity index is 516. The molecule has 0 saturated carbocycles. The van der Waals surface area contributed by atoms with E-state index in [2.05, 4.69) is 5.32 Å². The van der Waals surface area contributed by atoms with Crippen LogP contribution in [0.1, 0.15) is 35.2 Å². The van der Waals surface area contributed by atoms with Crippen LogP contribution in [0.25, 0.3) is 0 Å². The van der Waals surface area contributed by atoms with Gasteiger partial charge in [0.1, 0.15) is 11.6 Å². The Morgan fingerprint density at radius 3 is 1.90 bits per heavy atom. The van der Waals surface area contributed by atoms with Crippen molar-refractivity contribution in [3.63, 3.8) is 0 Å². The summed E-state index contributed by atoms with van der Waals surface area (Å²) in [4.78, 5) is 0. The number of hydrogen-bond acceptors (Lipinski definition) is 1. The highest BCUT2D eigenvalue weighted by atomic mass is 19.1. The Hall–Kier alpha value is -1.74. The maximum absolute atomic E-state index is 14.1. The SMILES string of the molecule is CCNC(c1c(C)cccc1C)c1c(F)cccc1F. The summed E-state index contributed by atoms with van der Waals surface area (Å²) in [5.74, 6) is -1.03. The lowest BCUT2D eigenvalue weighted by molar-refractivity contribution is 0.508. The molecule has 2 rings (SSSR count). The van der Waals surface area contributed by atoms with E-state index in [1.165, 1.54) is 18.2 Å². The van der Waals surface area contributed by atoms with Crippen LogP contribution in [0, 0.1) is 25.5 Å². The van der Waals surface area contributed by atoms with Crippen molar-refractivity contribution in [2.45, 2.75) is 26.8 Å². The molecule has 106 valence electrons. The molecule has 0 aliphatic heterocycles. The predicted molar refractivity (Wildman–Crippen MR) is 77.8 cm³/mol. The number of halogens is 2. The van der Waals surface area contributed by atoms with E-state index in [0.717, 1.165) is 16.7 Å². The monoisotopic (exact) mass is 275 g/mol. The fourth-order valence-electron chi connectivity index (χ4n) is 2.62. The first kappa shape index (κ1) is 14.7. The zero-order valence-corrected chi connectivity index (χ0v) is 12.0. The average Bonchev–Trinajstić information content (AvgIpc) is 2.38. The Labute approximate surface area is 118 Å². The molecular formula is C17H19F2N. The third kappa shape index (κ3) is 2.73. The first-order valence-electron chi connectivity index (χ1n) is 6.79. The normalized spacial score (nSPS) is 12.4. The highest BCUT2D eigenvalue weighted by Crippen LogP contribution is 2.31. The van der Waals surface area contributed by atoms with Gasteiger partial charge >= 0.3 is 0 Å². The van der Waals surface area contributed by atoms with E-state index < -0.39 is 17.7 Å². The molecule has 0 radical (unpaired) electrons. The van der Waals surface area contributed by atoms with Gasteiger partial charge in [-0.2, -0.15) is 0 Å². The number of nitrogens with one attached hydrogen (secondary N) is 1. The van der Waals surface area contributed by atoms with Gasteiger partial charge in [0.25, 0.3) is 0 Å². The van der Waals surface area contributed by atoms with Gasteiger partial charge in [-0.25, -0.2) is 8.78 Å². The highest BCUT2D eigenvalue weighted by Gasteiger charge is 2.23. The van der Waals surface area contributed by atoms with E-state index in [0.29, 0.717) is 6.54 Å². The van der Waals surface area contributed by atoms with Gasteiger partial charge in [-0.15, -0.1) is 0 Å². The summed E-state index contributed by atoms with van der Waals surface area (Å²) in [6, 6.07) is 9.41. The van der Waals surface area contributed by atoms with Crippen LogP contribution >= 0.6 is 0 Å². The van der Waals surface area contributed by atoms with Crippen molar-refractivity contribution in [3.05, 3.63) is 70.3 Å². The maximum Gasteiger partial charge on any atom is 0.131 e. The average molecular weight is 275 g/mol. The molecule has 0 aliphatic carbocycles. The lowest BCUT2D eigenvalue weighted by Crippen LogP contribution is -2.25. The fourth-order valence-corrected chi connectivity index (χ4v) is 2.62. The molecule has 0 heterocycles. The first-order valence-corrected chi connectivity index (χ1v) is 6.79. The molecule has 1 unspecified atom stereocenters. The molecular weight excluding hydrogens is 256 g/mol. The second kappa shape index (κ2) is 6.14. The summed E-state index contributed by atoms with van der Waals surface area (Å²) >= 11 is 0. The van der Waals surface area contributed by atoms with Crippen LogP contribution in [0.4, 0.5) is 8.78 Å². The summed E-state index contributed by atoms with van der Waals surface area (Å²) in [7, 11) is 0. The molecule has 20 heavy (non-hydrogen) atoms. The molecule has 2 aromatic rings. The van der Waals surface area contributed by atoms with Crippen LogP contribution in [0.2, 0.25) is 0 Å². The number of rotatable bonds is 4.